The number of nitrogens with one attached hydrogen (secondary N) is 2. The highest BCUT2D eigenvalue weighted by Gasteiger charge is 2.30. The maximum atomic E-state index is 12.2. The van der Waals surface area contributed by atoms with E-state index >= 15 is 0 Å². The number of para-hydroxylation sites is 2. The number of amides is 1. The summed E-state index contributed by atoms with van der Waals surface area (Å²) in [6.45, 7) is 1.26. The van der Waals surface area contributed by atoms with Crippen LogP contribution in [0.2, 0.25) is 0 Å². The van der Waals surface area contributed by atoms with Gasteiger partial charge in [-0.2, -0.15) is 0 Å². The predicted octanol–water partition coefficient (Wildman–Crippen LogP) is 1.59. The van der Waals surface area contributed by atoms with Crippen LogP contribution >= 0.6 is 0 Å². The van der Waals surface area contributed by atoms with Crippen LogP contribution in [0.4, 0.5) is 11.4 Å². The Morgan fingerprint density at radius 3 is 2.61 bits per heavy atom. The first-order chi connectivity index (χ1) is 14.7. The predicted molar refractivity (Wildman–Crippen MR) is 110 cm³/mol. The number of aliphatic imine (C=N–C) groups is 1. The standard InChI is InChI=1S/C19H18N4O7S/c1-12(19(25)21-14-7-3-4-8-15(14)23(26)27)30-17(24)10-11-20-18-13-6-2-5-9-16(13)31(28,29)22-18/h2-9,12H,10-11H2,1H3,(H,20,22)(H,21,25). The van der Waals surface area contributed by atoms with Crippen molar-refractivity contribution in [3.05, 3.63) is 64.2 Å². The molecule has 0 radical (unpaired) electrons. The van der Waals surface area contributed by atoms with E-state index in [1.807, 2.05) is 0 Å². The Balaban J connectivity index is 1.55. The van der Waals surface area contributed by atoms with Crippen LogP contribution < -0.4 is 10.0 Å². The first-order valence-electron chi connectivity index (χ1n) is 9.09. The third-order valence-corrected chi connectivity index (χ3v) is 5.68. The van der Waals surface area contributed by atoms with Crippen LogP contribution in [0.15, 0.2) is 58.4 Å². The van der Waals surface area contributed by atoms with Crippen LogP contribution in [0, 0.1) is 10.1 Å². The summed E-state index contributed by atoms with van der Waals surface area (Å²) in [6, 6.07) is 11.9. The zero-order valence-corrected chi connectivity index (χ0v) is 17.1. The zero-order valence-electron chi connectivity index (χ0n) is 16.3. The third kappa shape index (κ3) is 5.04. The Hall–Kier alpha value is -3.80. The number of sulfonamides is 1. The fourth-order valence-corrected chi connectivity index (χ4v) is 4.04. The number of esters is 1. The summed E-state index contributed by atoms with van der Waals surface area (Å²) >= 11 is 0. The molecule has 1 atom stereocenters. The number of nitro benzene ring substituents is 1. The molecule has 31 heavy (non-hydrogen) atoms. The second-order valence-corrected chi connectivity index (χ2v) is 8.13. The first-order valence-corrected chi connectivity index (χ1v) is 10.6. The number of hydrogen-bond acceptors (Lipinski definition) is 8. The Morgan fingerprint density at radius 1 is 1.19 bits per heavy atom. The summed E-state index contributed by atoms with van der Waals surface area (Å²) in [5, 5.41) is 13.4. The van der Waals surface area contributed by atoms with E-state index in [9.17, 15) is 28.1 Å². The molecule has 2 N–H and O–H groups in total. The molecule has 1 unspecified atom stereocenters. The smallest absolute Gasteiger partial charge is 0.308 e. The van der Waals surface area contributed by atoms with Crippen LogP contribution in [0.1, 0.15) is 18.9 Å². The lowest BCUT2D eigenvalue weighted by molar-refractivity contribution is -0.383. The molecule has 0 saturated heterocycles. The van der Waals surface area contributed by atoms with Crippen LogP contribution in [0.25, 0.3) is 0 Å². The van der Waals surface area contributed by atoms with Crippen molar-refractivity contribution in [2.75, 3.05) is 11.9 Å². The van der Waals surface area contributed by atoms with Crippen molar-refractivity contribution >= 4 is 39.1 Å². The largest absolute Gasteiger partial charge is 0.452 e. The molecule has 0 spiro atoms. The average Bonchev–Trinajstić information content (AvgIpc) is 2.98. The van der Waals surface area contributed by atoms with Gasteiger partial charge in [-0.05, 0) is 25.1 Å². The number of nitrogens with zero attached hydrogens (tertiary/aromatic N) is 2. The zero-order chi connectivity index (χ0) is 22.6. The average molecular weight is 446 g/mol. The quantitative estimate of drug-likeness (QED) is 0.371. The summed E-state index contributed by atoms with van der Waals surface area (Å²) in [5.41, 5.74) is 0.108. The number of carbonyl (C=O) groups excluding carboxylic acids is 2. The highest BCUT2D eigenvalue weighted by Crippen LogP contribution is 2.24. The maximum Gasteiger partial charge on any atom is 0.308 e. The van der Waals surface area contributed by atoms with E-state index in [-0.39, 0.29) is 35.1 Å². The minimum atomic E-state index is -3.67. The summed E-state index contributed by atoms with van der Waals surface area (Å²) in [5.74, 6) is -1.33. The SMILES string of the molecule is CC(OC(=O)CCN=C1NS(=O)(=O)c2ccccc21)C(=O)Nc1ccccc1[N+](=O)[O-]. The molecule has 0 aromatic heterocycles. The van der Waals surface area contributed by atoms with Crippen LogP contribution in [0.5, 0.6) is 0 Å². The molecular formula is C19H18N4O7S. The van der Waals surface area contributed by atoms with Gasteiger partial charge in [0.2, 0.25) is 0 Å². The summed E-state index contributed by atoms with van der Waals surface area (Å²) < 4.78 is 31.4. The Morgan fingerprint density at radius 2 is 1.87 bits per heavy atom. The number of anilines is 1. The van der Waals surface area contributed by atoms with Crippen molar-refractivity contribution in [3.63, 3.8) is 0 Å². The van der Waals surface area contributed by atoms with Crippen molar-refractivity contribution in [1.82, 2.24) is 4.72 Å². The fraction of sp³-hybridized carbons (Fsp3) is 0.211. The molecular weight excluding hydrogens is 428 g/mol. The molecule has 11 nitrogen and oxygen atoms in total. The lowest BCUT2D eigenvalue weighted by atomic mass is 10.2. The number of benzene rings is 2. The lowest BCUT2D eigenvalue weighted by Crippen LogP contribution is -2.30. The number of amidine groups is 1. The van der Waals surface area contributed by atoms with Crippen LogP contribution in [0.3, 0.4) is 0 Å². The minimum Gasteiger partial charge on any atom is -0.452 e. The molecule has 0 aliphatic carbocycles. The first kappa shape index (κ1) is 21.9. The molecule has 0 saturated carbocycles. The highest BCUT2D eigenvalue weighted by molar-refractivity contribution is 7.90. The van der Waals surface area contributed by atoms with Crippen LogP contribution in [-0.2, 0) is 24.3 Å². The van der Waals surface area contributed by atoms with E-state index in [0.29, 0.717) is 5.56 Å². The molecule has 1 aliphatic heterocycles. The van der Waals surface area contributed by atoms with Gasteiger partial charge in [0.15, 0.2) is 6.10 Å². The van der Waals surface area contributed by atoms with Gasteiger partial charge in [-0.3, -0.25) is 29.4 Å². The van der Waals surface area contributed by atoms with Gasteiger partial charge in [0.25, 0.3) is 21.6 Å². The van der Waals surface area contributed by atoms with Gasteiger partial charge in [0.1, 0.15) is 11.5 Å². The Labute approximate surface area is 177 Å². The topological polar surface area (TPSA) is 157 Å². The minimum absolute atomic E-state index is 0.0148. The molecule has 0 bridgehead atoms. The van der Waals surface area contributed by atoms with Gasteiger partial charge >= 0.3 is 5.97 Å². The molecule has 1 heterocycles. The van der Waals surface area contributed by atoms with Crippen molar-refractivity contribution in [3.8, 4) is 0 Å². The number of ether oxygens (including phenoxy) is 1. The second kappa shape index (κ2) is 8.92. The Kier molecular flexibility index (Phi) is 6.30. The van der Waals surface area contributed by atoms with E-state index in [1.54, 1.807) is 18.2 Å². The monoisotopic (exact) mass is 446 g/mol. The van der Waals surface area contributed by atoms with Crippen molar-refractivity contribution in [2.45, 2.75) is 24.3 Å². The molecule has 162 valence electrons. The summed E-state index contributed by atoms with van der Waals surface area (Å²) in [7, 11) is -3.67. The van der Waals surface area contributed by atoms with E-state index in [4.69, 9.17) is 4.74 Å². The van der Waals surface area contributed by atoms with Gasteiger partial charge in [-0.25, -0.2) is 8.42 Å². The highest BCUT2D eigenvalue weighted by atomic mass is 32.2. The number of carbonyl (C=O) groups is 2. The van der Waals surface area contributed by atoms with E-state index in [2.05, 4.69) is 15.0 Å². The van der Waals surface area contributed by atoms with Crippen LogP contribution in [-0.4, -0.2) is 43.7 Å². The number of hydrogen-bond donors (Lipinski definition) is 2. The van der Waals surface area contributed by atoms with E-state index < -0.39 is 32.9 Å². The van der Waals surface area contributed by atoms with E-state index in [0.717, 1.165) is 0 Å². The summed E-state index contributed by atoms with van der Waals surface area (Å²) in [6.07, 6.45) is -1.40. The Bertz CT molecular complexity index is 1180. The molecule has 1 amide bonds. The normalized spacial score (nSPS) is 16.1. The van der Waals surface area contributed by atoms with E-state index in [1.165, 1.54) is 37.3 Å². The number of fused-ring (bicyclic) bond motifs is 1. The molecule has 2 aromatic rings. The molecule has 12 heteroatoms. The van der Waals surface area contributed by atoms with Gasteiger partial charge in [-0.15, -0.1) is 0 Å². The molecule has 3 rings (SSSR count). The fourth-order valence-electron chi connectivity index (χ4n) is 2.79. The molecule has 1 aliphatic rings. The third-order valence-electron chi connectivity index (χ3n) is 4.28. The number of rotatable bonds is 7. The van der Waals surface area contributed by atoms with Gasteiger partial charge in [0.05, 0.1) is 22.8 Å². The second-order valence-electron chi connectivity index (χ2n) is 6.48. The maximum absolute atomic E-state index is 12.2. The number of nitro groups is 1. The van der Waals surface area contributed by atoms with Gasteiger partial charge in [-0.1, -0.05) is 24.3 Å². The van der Waals surface area contributed by atoms with Gasteiger partial charge in [0, 0.05) is 11.6 Å². The van der Waals surface area contributed by atoms with Crippen molar-refractivity contribution in [2.24, 2.45) is 4.99 Å². The van der Waals surface area contributed by atoms with Crippen molar-refractivity contribution in [1.29, 1.82) is 0 Å². The van der Waals surface area contributed by atoms with Crippen molar-refractivity contribution < 1.29 is 27.7 Å². The lowest BCUT2D eigenvalue weighted by Gasteiger charge is -2.13. The summed E-state index contributed by atoms with van der Waals surface area (Å²) in [4.78, 5) is 38.8. The molecule has 2 aromatic carbocycles. The van der Waals surface area contributed by atoms with Gasteiger partial charge < -0.3 is 10.1 Å². The molecule has 0 fully saturated rings.